The third-order valence-corrected chi connectivity index (χ3v) is 3.30. The van der Waals surface area contributed by atoms with Crippen LogP contribution in [0.3, 0.4) is 0 Å². The third-order valence-electron chi connectivity index (χ3n) is 2.64. The second-order valence-corrected chi connectivity index (χ2v) is 4.45. The molecule has 2 aromatic carbocycles. The molecule has 0 atom stereocenters. The van der Waals surface area contributed by atoms with Gasteiger partial charge in [-0.15, -0.1) is 0 Å². The molecule has 0 radical (unpaired) electrons. The van der Waals surface area contributed by atoms with Gasteiger partial charge in [-0.05, 0) is 33.4 Å². The van der Waals surface area contributed by atoms with Gasteiger partial charge in [0.1, 0.15) is 5.82 Å². The van der Waals surface area contributed by atoms with Crippen LogP contribution in [0.15, 0.2) is 47.1 Å². The number of halogens is 2. The Hall–Kier alpha value is -1.48. The molecule has 0 N–H and O–H groups in total. The largest absolute Gasteiger partial charge is 0.255 e. The maximum absolute atomic E-state index is 13.9. The average Bonchev–Trinajstić information content (AvgIpc) is 2.29. The summed E-state index contributed by atoms with van der Waals surface area (Å²) < 4.78 is 14.6. The number of hydrogen-bond acceptors (Lipinski definition) is 1. The highest BCUT2D eigenvalue weighted by molar-refractivity contribution is 9.10. The topological polar surface area (TPSA) is 12.9 Å². The third kappa shape index (κ3) is 1.32. The van der Waals surface area contributed by atoms with Gasteiger partial charge in [0.05, 0.1) is 10.9 Å². The Morgan fingerprint density at radius 1 is 1.12 bits per heavy atom. The van der Waals surface area contributed by atoms with Gasteiger partial charge < -0.3 is 0 Å². The van der Waals surface area contributed by atoms with Crippen molar-refractivity contribution in [1.82, 2.24) is 4.98 Å². The van der Waals surface area contributed by atoms with Crippen LogP contribution in [-0.4, -0.2) is 4.98 Å². The number of fused-ring (bicyclic) bond motifs is 3. The van der Waals surface area contributed by atoms with Crippen LogP contribution in [0.4, 0.5) is 4.39 Å². The van der Waals surface area contributed by atoms with Crippen LogP contribution in [0.1, 0.15) is 0 Å². The molecule has 0 saturated carbocycles. The molecule has 0 aliphatic heterocycles. The van der Waals surface area contributed by atoms with Crippen LogP contribution in [0.25, 0.3) is 21.7 Å². The highest BCUT2D eigenvalue weighted by Crippen LogP contribution is 2.30. The molecule has 0 unspecified atom stereocenters. The van der Waals surface area contributed by atoms with E-state index in [9.17, 15) is 4.39 Å². The van der Waals surface area contributed by atoms with Crippen molar-refractivity contribution in [1.29, 1.82) is 0 Å². The minimum absolute atomic E-state index is 0.242. The summed E-state index contributed by atoms with van der Waals surface area (Å²) in [5.41, 5.74) is 0.699. The second kappa shape index (κ2) is 3.52. The van der Waals surface area contributed by atoms with Crippen LogP contribution in [0, 0.1) is 5.82 Å². The molecule has 0 fully saturated rings. The van der Waals surface area contributed by atoms with Crippen LogP contribution in [0.2, 0.25) is 0 Å². The molecule has 3 heteroatoms. The van der Waals surface area contributed by atoms with Gasteiger partial charge in [0, 0.05) is 16.1 Å². The van der Waals surface area contributed by atoms with E-state index in [0.717, 1.165) is 15.2 Å². The Labute approximate surface area is 100 Å². The Kier molecular flexibility index (Phi) is 2.14. The Bertz CT molecular complexity index is 694. The van der Waals surface area contributed by atoms with E-state index in [1.807, 2.05) is 24.3 Å². The van der Waals surface area contributed by atoms with Crippen molar-refractivity contribution in [3.63, 3.8) is 0 Å². The smallest absolute Gasteiger partial charge is 0.134 e. The molecule has 1 aromatic heterocycles. The zero-order valence-electron chi connectivity index (χ0n) is 8.24. The number of hydrogen-bond donors (Lipinski definition) is 0. The zero-order chi connectivity index (χ0) is 11.1. The van der Waals surface area contributed by atoms with Crippen LogP contribution < -0.4 is 0 Å². The van der Waals surface area contributed by atoms with Crippen molar-refractivity contribution in [2.75, 3.05) is 0 Å². The van der Waals surface area contributed by atoms with Gasteiger partial charge in [-0.25, -0.2) is 4.39 Å². The van der Waals surface area contributed by atoms with E-state index < -0.39 is 0 Å². The van der Waals surface area contributed by atoms with E-state index in [-0.39, 0.29) is 5.82 Å². The van der Waals surface area contributed by atoms with Crippen LogP contribution in [0.5, 0.6) is 0 Å². The molecule has 78 valence electrons. The predicted octanol–water partition coefficient (Wildman–Crippen LogP) is 4.29. The Morgan fingerprint density at radius 3 is 2.81 bits per heavy atom. The minimum atomic E-state index is -0.242. The summed E-state index contributed by atoms with van der Waals surface area (Å²) in [7, 11) is 0. The fourth-order valence-electron chi connectivity index (χ4n) is 1.92. The van der Waals surface area contributed by atoms with E-state index >= 15 is 0 Å². The first kappa shape index (κ1) is 9.73. The van der Waals surface area contributed by atoms with E-state index in [2.05, 4.69) is 20.9 Å². The molecule has 0 saturated heterocycles. The monoisotopic (exact) mass is 275 g/mol. The van der Waals surface area contributed by atoms with Crippen LogP contribution >= 0.6 is 15.9 Å². The lowest BCUT2D eigenvalue weighted by molar-refractivity contribution is 0.641. The summed E-state index contributed by atoms with van der Waals surface area (Å²) >= 11 is 3.35. The Morgan fingerprint density at radius 2 is 1.94 bits per heavy atom. The van der Waals surface area contributed by atoms with Crippen molar-refractivity contribution in [3.8, 4) is 0 Å². The molecule has 0 amide bonds. The molecule has 1 nitrogen and oxygen atoms in total. The van der Waals surface area contributed by atoms with E-state index in [0.29, 0.717) is 10.9 Å². The van der Waals surface area contributed by atoms with Crippen LogP contribution in [-0.2, 0) is 0 Å². The standard InChI is InChI=1S/C13H7BrFN/c14-10-5-6-16-13-9-4-2-1-3-8(9)7-11(15)12(10)13/h1-7H. The molecular formula is C13H7BrFN. The van der Waals surface area contributed by atoms with Gasteiger partial charge in [-0.3, -0.25) is 4.98 Å². The minimum Gasteiger partial charge on any atom is -0.255 e. The highest BCUT2D eigenvalue weighted by Gasteiger charge is 2.09. The summed E-state index contributed by atoms with van der Waals surface area (Å²) in [5, 5.41) is 2.39. The number of aromatic nitrogens is 1. The summed E-state index contributed by atoms with van der Waals surface area (Å²) in [6, 6.07) is 11.0. The molecule has 1 heterocycles. The fraction of sp³-hybridized carbons (Fsp3) is 0. The Balaban J connectivity index is 2.65. The van der Waals surface area contributed by atoms with Gasteiger partial charge in [-0.2, -0.15) is 0 Å². The lowest BCUT2D eigenvalue weighted by Gasteiger charge is -2.05. The molecule has 0 spiro atoms. The lowest BCUT2D eigenvalue weighted by Crippen LogP contribution is -1.87. The molecule has 0 bridgehead atoms. The summed E-state index contributed by atoms with van der Waals surface area (Å²) in [4.78, 5) is 4.26. The normalized spacial score (nSPS) is 11.1. The second-order valence-electron chi connectivity index (χ2n) is 3.60. The maximum atomic E-state index is 13.9. The number of benzene rings is 2. The number of rotatable bonds is 0. The molecule has 16 heavy (non-hydrogen) atoms. The SMILES string of the molecule is Fc1cc2ccccc2c2nccc(Br)c12. The molecule has 3 rings (SSSR count). The lowest BCUT2D eigenvalue weighted by atomic mass is 10.1. The van der Waals surface area contributed by atoms with Gasteiger partial charge in [0.15, 0.2) is 0 Å². The fourth-order valence-corrected chi connectivity index (χ4v) is 2.41. The van der Waals surface area contributed by atoms with E-state index in [1.54, 1.807) is 18.3 Å². The van der Waals surface area contributed by atoms with Crippen molar-refractivity contribution in [2.45, 2.75) is 0 Å². The maximum Gasteiger partial charge on any atom is 0.134 e. The summed E-state index contributed by atoms with van der Waals surface area (Å²) in [6.45, 7) is 0. The predicted molar refractivity (Wildman–Crippen MR) is 66.9 cm³/mol. The van der Waals surface area contributed by atoms with Gasteiger partial charge in [-0.1, -0.05) is 24.3 Å². The zero-order valence-corrected chi connectivity index (χ0v) is 9.83. The number of nitrogens with zero attached hydrogens (tertiary/aromatic N) is 1. The highest BCUT2D eigenvalue weighted by atomic mass is 79.9. The molecule has 3 aromatic rings. The quantitative estimate of drug-likeness (QED) is 0.558. The molecule has 0 aliphatic carbocycles. The van der Waals surface area contributed by atoms with Gasteiger partial charge >= 0.3 is 0 Å². The van der Waals surface area contributed by atoms with Gasteiger partial charge in [0.25, 0.3) is 0 Å². The average molecular weight is 276 g/mol. The molecule has 0 aliphatic rings. The first-order valence-electron chi connectivity index (χ1n) is 4.89. The van der Waals surface area contributed by atoms with Crippen molar-refractivity contribution in [3.05, 3.63) is 52.9 Å². The van der Waals surface area contributed by atoms with Crippen molar-refractivity contribution < 1.29 is 4.39 Å². The summed E-state index contributed by atoms with van der Waals surface area (Å²) in [5.74, 6) is -0.242. The van der Waals surface area contributed by atoms with E-state index in [1.165, 1.54) is 0 Å². The first-order valence-corrected chi connectivity index (χ1v) is 5.68. The van der Waals surface area contributed by atoms with Crippen molar-refractivity contribution in [2.24, 2.45) is 0 Å². The first-order chi connectivity index (χ1) is 7.77. The summed E-state index contributed by atoms with van der Waals surface area (Å²) in [6.07, 6.45) is 1.68. The van der Waals surface area contributed by atoms with Gasteiger partial charge in [0.2, 0.25) is 0 Å². The molecular weight excluding hydrogens is 269 g/mol. The van der Waals surface area contributed by atoms with E-state index in [4.69, 9.17) is 0 Å². The number of pyridine rings is 1. The van der Waals surface area contributed by atoms with Crippen molar-refractivity contribution >= 4 is 37.6 Å².